The number of anilines is 3. The molecule has 0 bridgehead atoms. The summed E-state index contributed by atoms with van der Waals surface area (Å²) in [5.41, 5.74) is 10.1. The van der Waals surface area contributed by atoms with Gasteiger partial charge in [0.1, 0.15) is 12.4 Å². The van der Waals surface area contributed by atoms with Gasteiger partial charge in [-0.3, -0.25) is 27.8 Å². The molecular formula is C73H81FN5O14S4+. The first-order chi connectivity index (χ1) is 45.9. The third-order valence-corrected chi connectivity index (χ3v) is 21.7. The number of nitrogens with zero attached hydrogens (tertiary/aromatic N) is 4. The minimum absolute atomic E-state index is 0.00505. The molecule has 10 rings (SSSR count). The van der Waals surface area contributed by atoms with Gasteiger partial charge in [-0.15, -0.1) is 0 Å². The molecule has 19 nitrogen and oxygen atoms in total. The fraction of sp³-hybridized carbons (Fsp3) is 0.356. The van der Waals surface area contributed by atoms with E-state index in [1.807, 2.05) is 110 Å². The number of hydrogen-bond donors (Lipinski definition) is 5. The number of allylic oxidation sites excluding steroid dienone is 8. The molecule has 512 valence electrons. The van der Waals surface area contributed by atoms with Crippen LogP contribution in [-0.2, 0) is 67.4 Å². The van der Waals surface area contributed by atoms with Crippen molar-refractivity contribution in [3.05, 3.63) is 202 Å². The van der Waals surface area contributed by atoms with Crippen LogP contribution in [0, 0.1) is 17.7 Å². The summed E-state index contributed by atoms with van der Waals surface area (Å²) in [5, 5.41) is 4.36. The molecule has 0 atom stereocenters. The molecule has 24 heteroatoms. The quantitative estimate of drug-likeness (QED) is 0.0139. The maximum absolute atomic E-state index is 16.5. The van der Waals surface area contributed by atoms with E-state index in [9.17, 15) is 61.5 Å². The lowest BCUT2D eigenvalue weighted by atomic mass is 9.78. The lowest BCUT2D eigenvalue weighted by Gasteiger charge is -2.28. The molecule has 5 N–H and O–H groups in total. The lowest BCUT2D eigenvalue weighted by Crippen LogP contribution is -2.35. The van der Waals surface area contributed by atoms with Crippen molar-refractivity contribution in [3.8, 4) is 11.8 Å². The predicted molar refractivity (Wildman–Crippen MR) is 377 cm³/mol. The second-order valence-corrected chi connectivity index (χ2v) is 32.1. The first-order valence-corrected chi connectivity index (χ1v) is 38.7. The highest BCUT2D eigenvalue weighted by Gasteiger charge is 2.46. The zero-order valence-electron chi connectivity index (χ0n) is 54.7. The van der Waals surface area contributed by atoms with E-state index in [-0.39, 0.29) is 75.0 Å². The van der Waals surface area contributed by atoms with E-state index in [1.165, 1.54) is 18.2 Å². The number of nitrogens with one attached hydrogen (secondary N) is 1. The van der Waals surface area contributed by atoms with E-state index in [2.05, 4.69) is 41.7 Å². The summed E-state index contributed by atoms with van der Waals surface area (Å²) in [6.45, 7) is 9.59. The van der Waals surface area contributed by atoms with E-state index in [0.717, 1.165) is 72.8 Å². The van der Waals surface area contributed by atoms with Crippen LogP contribution in [0.2, 0.25) is 0 Å². The molecule has 0 saturated carbocycles. The van der Waals surface area contributed by atoms with Crippen molar-refractivity contribution < 1.29 is 70.4 Å². The summed E-state index contributed by atoms with van der Waals surface area (Å²) >= 11 is 0. The fourth-order valence-electron chi connectivity index (χ4n) is 13.8. The van der Waals surface area contributed by atoms with Gasteiger partial charge in [-0.2, -0.15) is 38.2 Å². The van der Waals surface area contributed by atoms with E-state index in [1.54, 1.807) is 40.1 Å². The van der Waals surface area contributed by atoms with Crippen molar-refractivity contribution in [3.63, 3.8) is 0 Å². The average Bonchev–Trinajstić information content (AvgIpc) is 1.59. The van der Waals surface area contributed by atoms with Gasteiger partial charge in [-0.25, -0.2) is 4.39 Å². The highest BCUT2D eigenvalue weighted by molar-refractivity contribution is 7.86. The van der Waals surface area contributed by atoms with Gasteiger partial charge in [-0.1, -0.05) is 92.4 Å². The van der Waals surface area contributed by atoms with E-state index in [0.29, 0.717) is 73.8 Å². The van der Waals surface area contributed by atoms with E-state index < -0.39 is 74.4 Å². The Balaban J connectivity index is 0.941. The molecule has 6 aromatic rings. The normalized spacial score (nSPS) is 16.8. The van der Waals surface area contributed by atoms with Gasteiger partial charge in [0.15, 0.2) is 5.71 Å². The van der Waals surface area contributed by atoms with E-state index >= 15 is 4.39 Å². The SMILES string of the molecule is CC1(C)C(/C=C/C2=C(c3ccccc3F)C(=C/C=C3/N(CCCS(=O)(=O)O)c4ccc(N(CCCS(=O)(=O)O)CCCS(=O)(=O)O)cc4C3(C)C)/CCC2)=[N+](CCCCCC(=O)NCCC(=O)N2Cc3ccccc3C#Cc3ccccc32)c2ccc3cc(S(=O)(=O)O)ccc3c21. The Morgan fingerprint density at radius 1 is 0.670 bits per heavy atom. The Morgan fingerprint density at radius 2 is 1.34 bits per heavy atom. The summed E-state index contributed by atoms with van der Waals surface area (Å²) < 4.78 is 154. The topological polar surface area (TPSA) is 276 Å². The number of unbranched alkanes of at least 4 members (excludes halogenated alkanes) is 2. The molecule has 0 radical (unpaired) electrons. The monoisotopic (exact) mass is 1400 g/mol. The molecule has 0 unspecified atom stereocenters. The standard InChI is InChI=1S/C73H80FN5O14S4/c1-72(2)61-49-57(76(41-15-45-94(82,83)84)42-16-46-95(85,86)87)32-36-64(61)77(44-17-47-96(88,89)90)66(72)37-30-53-21-14-22-54(70(53)60-23-10-11-24-62(60)74)31-38-67-73(3,4)71-59-34-33-58(97(91,92)93)48-55(59)29-35-65(71)78(67)43-13-5-6-26-68(80)75-40-39-69(81)79-50-56-20-8-7-18-51(56)27-28-52-19-9-12-25-63(52)79/h7-12,18-20,23-25,29-38,48-49H,5-6,13-17,21-22,26,39-47,50H2,1-4H3,(H4-,75,80,82,83,84,85,86,87,88,89,90,91,92,93)/p+1. The number of halogens is 1. The number of para-hydroxylation sites is 1. The molecule has 1 aliphatic carbocycles. The van der Waals surface area contributed by atoms with Crippen LogP contribution in [0.5, 0.6) is 0 Å². The van der Waals surface area contributed by atoms with Gasteiger partial charge in [0.2, 0.25) is 17.5 Å². The Bertz CT molecular complexity index is 4760. The van der Waals surface area contributed by atoms with Crippen molar-refractivity contribution in [1.29, 1.82) is 0 Å². The summed E-state index contributed by atoms with van der Waals surface area (Å²) in [7, 11) is -17.5. The number of rotatable bonds is 27. The van der Waals surface area contributed by atoms with Crippen LogP contribution in [0.4, 0.5) is 27.1 Å². The van der Waals surface area contributed by atoms with Crippen LogP contribution < -0.4 is 20.0 Å². The highest BCUT2D eigenvalue weighted by atomic mass is 32.2. The molecule has 2 amide bonds. The number of carbonyl (C=O) groups is 2. The molecular weight excluding hydrogens is 1320 g/mol. The van der Waals surface area contributed by atoms with E-state index in [4.69, 9.17) is 0 Å². The van der Waals surface area contributed by atoms with Crippen LogP contribution in [0.1, 0.15) is 132 Å². The third kappa shape index (κ3) is 17.2. The molecule has 3 heterocycles. The largest absolute Gasteiger partial charge is 0.371 e. The average molecular weight is 1400 g/mol. The number of carbonyl (C=O) groups excluding carboxylic acids is 2. The van der Waals surface area contributed by atoms with Gasteiger partial charge >= 0.3 is 0 Å². The molecule has 0 aromatic heterocycles. The zero-order valence-corrected chi connectivity index (χ0v) is 57.9. The Kier molecular flexibility index (Phi) is 21.8. The maximum atomic E-state index is 16.5. The zero-order chi connectivity index (χ0) is 69.7. The van der Waals surface area contributed by atoms with Crippen molar-refractivity contribution in [2.75, 3.05) is 64.7 Å². The van der Waals surface area contributed by atoms with Gasteiger partial charge in [0.05, 0.1) is 39.8 Å². The summed E-state index contributed by atoms with van der Waals surface area (Å²) in [4.78, 5) is 32.5. The first-order valence-electron chi connectivity index (χ1n) is 32.4. The lowest BCUT2D eigenvalue weighted by molar-refractivity contribution is -0.438. The van der Waals surface area contributed by atoms with Crippen LogP contribution in [0.3, 0.4) is 0 Å². The third-order valence-electron chi connectivity index (χ3n) is 18.5. The van der Waals surface area contributed by atoms with Crippen molar-refractivity contribution in [2.45, 2.75) is 121 Å². The summed E-state index contributed by atoms with van der Waals surface area (Å²) in [6, 6.07) is 35.7. The molecule has 4 aliphatic rings. The van der Waals surface area contributed by atoms with Gasteiger partial charge in [-0.05, 0) is 171 Å². The van der Waals surface area contributed by atoms with Crippen LogP contribution in [0.15, 0.2) is 167 Å². The number of fused-ring (bicyclic) bond motifs is 6. The van der Waals surface area contributed by atoms with Crippen LogP contribution >= 0.6 is 0 Å². The number of hydrogen-bond acceptors (Lipinski definition) is 12. The fourth-order valence-corrected chi connectivity index (χ4v) is 15.8. The maximum Gasteiger partial charge on any atom is 0.294 e. The summed E-state index contributed by atoms with van der Waals surface area (Å²) in [6.07, 6.45) is 12.2. The molecule has 0 spiro atoms. The van der Waals surface area contributed by atoms with Gasteiger partial charge in [0, 0.05) is 102 Å². The Labute approximate surface area is 568 Å². The molecule has 97 heavy (non-hydrogen) atoms. The second kappa shape index (κ2) is 29.5. The summed E-state index contributed by atoms with van der Waals surface area (Å²) in [5.74, 6) is 4.10. The second-order valence-electron chi connectivity index (χ2n) is 26.0. The molecule has 0 fully saturated rings. The Hall–Kier alpha value is -8.12. The molecule has 0 saturated heterocycles. The highest BCUT2D eigenvalue weighted by Crippen LogP contribution is 2.50. The number of benzene rings is 6. The van der Waals surface area contributed by atoms with Crippen LogP contribution in [0.25, 0.3) is 16.3 Å². The first kappa shape index (κ1) is 71.6. The van der Waals surface area contributed by atoms with Crippen molar-refractivity contribution in [2.24, 2.45) is 0 Å². The van der Waals surface area contributed by atoms with Crippen LogP contribution in [-0.4, -0.2) is 124 Å². The molecule has 6 aromatic carbocycles. The smallest absolute Gasteiger partial charge is 0.294 e. The van der Waals surface area contributed by atoms with Gasteiger partial charge < -0.3 is 20.0 Å². The predicted octanol–water partition coefficient (Wildman–Crippen LogP) is 12.1. The molecule has 3 aliphatic heterocycles. The minimum atomic E-state index is -4.52. The minimum Gasteiger partial charge on any atom is -0.371 e. The van der Waals surface area contributed by atoms with Crippen molar-refractivity contribution >= 4 is 97.1 Å². The van der Waals surface area contributed by atoms with Crippen molar-refractivity contribution in [1.82, 2.24) is 5.32 Å². The Morgan fingerprint density at radius 3 is 2.05 bits per heavy atom. The van der Waals surface area contributed by atoms with Gasteiger partial charge in [0.25, 0.3) is 40.5 Å². The number of amides is 2.